The van der Waals surface area contributed by atoms with Gasteiger partial charge in [0.05, 0.1) is 44.7 Å². The van der Waals surface area contributed by atoms with Crippen LogP contribution in [0.1, 0.15) is 58.5 Å². The molecule has 16 heteroatoms. The molecule has 2 amide bonds. The van der Waals surface area contributed by atoms with Gasteiger partial charge in [0, 0.05) is 18.5 Å². The van der Waals surface area contributed by atoms with E-state index in [1.165, 1.54) is 12.1 Å². The number of hydroxylamine groups is 2. The van der Waals surface area contributed by atoms with Crippen molar-refractivity contribution in [3.05, 3.63) is 122 Å². The summed E-state index contributed by atoms with van der Waals surface area (Å²) in [6.45, 7) is 7.97. The summed E-state index contributed by atoms with van der Waals surface area (Å²) in [4.78, 5) is 34.8. The van der Waals surface area contributed by atoms with Gasteiger partial charge in [-0.15, -0.1) is 0 Å². The summed E-state index contributed by atoms with van der Waals surface area (Å²) < 4.78 is 58.8. The Bertz CT molecular complexity index is 1950. The van der Waals surface area contributed by atoms with Crippen molar-refractivity contribution in [1.29, 1.82) is 0 Å². The van der Waals surface area contributed by atoms with Crippen molar-refractivity contribution in [2.45, 2.75) is 40.5 Å². The molecule has 0 radical (unpaired) electrons. The first kappa shape index (κ1) is 43.6. The lowest BCUT2D eigenvalue weighted by molar-refractivity contribution is 0.0302. The van der Waals surface area contributed by atoms with Crippen molar-refractivity contribution in [2.24, 2.45) is 0 Å². The van der Waals surface area contributed by atoms with E-state index in [0.29, 0.717) is 18.0 Å². The van der Waals surface area contributed by atoms with Crippen LogP contribution in [0.4, 0.5) is 40.3 Å². The van der Waals surface area contributed by atoms with Gasteiger partial charge >= 0.3 is 0 Å². The fourth-order valence-corrected chi connectivity index (χ4v) is 6.39. The molecule has 8 nitrogen and oxygen atoms in total. The molecular weight excluding hydrogens is 1040 g/mol. The maximum absolute atomic E-state index is 14.5. The third-order valence-corrected chi connectivity index (χ3v) is 9.55. The third kappa shape index (κ3) is 12.1. The number of carbonyl (C=O) groups excluding carboxylic acids is 2. The van der Waals surface area contributed by atoms with E-state index < -0.39 is 35.1 Å². The van der Waals surface area contributed by atoms with Crippen LogP contribution in [0.2, 0.25) is 0 Å². The first-order chi connectivity index (χ1) is 24.7. The zero-order valence-corrected chi connectivity index (χ0v) is 35.7. The lowest BCUT2D eigenvalue weighted by atomic mass is 10.1. The molecule has 0 saturated heterocycles. The highest BCUT2D eigenvalue weighted by Gasteiger charge is 2.24. The number of benzene rings is 4. The van der Waals surface area contributed by atoms with Crippen LogP contribution in [0.15, 0.2) is 69.6 Å². The van der Waals surface area contributed by atoms with Gasteiger partial charge < -0.3 is 10.6 Å². The number of unbranched alkanes of at least 4 members (excludes halogenated alkanes) is 1. The molecule has 278 valence electrons. The standard InChI is InChI=1S/C18H18BrF2IN2O2.C18H16BrF2IN2O2/c2*1-3-4-7-26-24-18(25)12-9-13(19)15(20)16(21)17(12)23-14-6-5-11(22)8-10(14)2/h5-6,8-9,23H,3-4,7H2,1-2H3,(H,24,25);3-6,8-9,23H,7H2,1-2H3,(H,24,25)/b;4-3+. The number of rotatable bonds is 13. The van der Waals surface area contributed by atoms with Gasteiger partial charge in [0.1, 0.15) is 0 Å². The number of amides is 2. The van der Waals surface area contributed by atoms with E-state index in [-0.39, 0.29) is 38.1 Å². The Hall–Kier alpha value is -2.78. The molecule has 0 aromatic heterocycles. The Morgan fingerprint density at radius 2 is 1.17 bits per heavy atom. The molecule has 0 fully saturated rings. The van der Waals surface area contributed by atoms with Crippen molar-refractivity contribution < 1.29 is 36.8 Å². The van der Waals surface area contributed by atoms with Gasteiger partial charge in [-0.2, -0.15) is 0 Å². The zero-order valence-electron chi connectivity index (χ0n) is 28.3. The van der Waals surface area contributed by atoms with Gasteiger partial charge in [0.2, 0.25) is 0 Å². The number of nitrogens with one attached hydrogen (secondary N) is 4. The van der Waals surface area contributed by atoms with Crippen LogP contribution >= 0.6 is 77.0 Å². The number of anilines is 4. The van der Waals surface area contributed by atoms with Gasteiger partial charge in [-0.3, -0.25) is 19.3 Å². The second-order valence-corrected chi connectivity index (χ2v) is 15.1. The van der Waals surface area contributed by atoms with E-state index in [4.69, 9.17) is 9.68 Å². The Labute approximate surface area is 343 Å². The maximum Gasteiger partial charge on any atom is 0.277 e. The number of allylic oxidation sites excluding steroid dienone is 1. The number of hydrogen-bond acceptors (Lipinski definition) is 6. The van der Waals surface area contributed by atoms with E-state index in [1.54, 1.807) is 24.3 Å². The maximum atomic E-state index is 14.5. The molecule has 52 heavy (non-hydrogen) atoms. The van der Waals surface area contributed by atoms with Crippen LogP contribution in [0, 0.1) is 44.3 Å². The molecule has 0 aliphatic heterocycles. The molecule has 0 spiro atoms. The highest BCUT2D eigenvalue weighted by Crippen LogP contribution is 2.34. The summed E-state index contributed by atoms with van der Waals surface area (Å²) in [6.07, 6.45) is 5.13. The number of hydrogen-bond donors (Lipinski definition) is 4. The summed E-state index contributed by atoms with van der Waals surface area (Å²) in [5.41, 5.74) is 6.63. The molecule has 0 atom stereocenters. The first-order valence-corrected chi connectivity index (χ1v) is 19.3. The topological polar surface area (TPSA) is 101 Å². The summed E-state index contributed by atoms with van der Waals surface area (Å²) in [5, 5.41) is 5.65. The van der Waals surface area contributed by atoms with Crippen molar-refractivity contribution in [2.75, 3.05) is 23.8 Å². The largest absolute Gasteiger partial charge is 0.352 e. The average Bonchev–Trinajstić information content (AvgIpc) is 3.10. The second-order valence-electron chi connectivity index (χ2n) is 10.9. The average molecular weight is 1080 g/mol. The highest BCUT2D eigenvalue weighted by atomic mass is 127. The monoisotopic (exact) mass is 1070 g/mol. The van der Waals surface area contributed by atoms with Gasteiger partial charge in [-0.25, -0.2) is 28.5 Å². The molecule has 0 heterocycles. The second kappa shape index (κ2) is 21.2. The molecule has 4 N–H and O–H groups in total. The number of halogens is 8. The lowest BCUT2D eigenvalue weighted by Gasteiger charge is -2.16. The van der Waals surface area contributed by atoms with Crippen LogP contribution in [-0.2, 0) is 9.68 Å². The van der Waals surface area contributed by atoms with Crippen molar-refractivity contribution in [3.63, 3.8) is 0 Å². The predicted octanol–water partition coefficient (Wildman–Crippen LogP) is 11.5. The van der Waals surface area contributed by atoms with Crippen LogP contribution in [0.25, 0.3) is 0 Å². The quantitative estimate of drug-likeness (QED) is 0.0266. The summed E-state index contributed by atoms with van der Waals surface area (Å²) in [7, 11) is 0. The third-order valence-electron chi connectivity index (χ3n) is 7.05. The molecule has 0 bridgehead atoms. The van der Waals surface area contributed by atoms with Crippen LogP contribution < -0.4 is 21.6 Å². The molecule has 4 aromatic rings. The van der Waals surface area contributed by atoms with Crippen molar-refractivity contribution >= 4 is 112 Å². The fraction of sp³-hybridized carbons (Fsp3) is 0.222. The number of carbonyl (C=O) groups is 2. The fourth-order valence-electron chi connectivity index (χ4n) is 4.29. The smallest absolute Gasteiger partial charge is 0.277 e. The summed E-state index contributed by atoms with van der Waals surface area (Å²) in [6, 6.07) is 13.3. The van der Waals surface area contributed by atoms with Crippen LogP contribution in [-0.4, -0.2) is 25.0 Å². The molecule has 4 aromatic carbocycles. The van der Waals surface area contributed by atoms with E-state index in [0.717, 1.165) is 31.1 Å². The zero-order chi connectivity index (χ0) is 38.5. The first-order valence-electron chi connectivity index (χ1n) is 15.6. The lowest BCUT2D eigenvalue weighted by Crippen LogP contribution is -2.25. The molecule has 0 aliphatic rings. The Kier molecular flexibility index (Phi) is 17.8. The van der Waals surface area contributed by atoms with Crippen molar-refractivity contribution in [1.82, 2.24) is 11.0 Å². The normalized spacial score (nSPS) is 10.8. The van der Waals surface area contributed by atoms with Crippen molar-refractivity contribution in [3.8, 4) is 0 Å². The highest BCUT2D eigenvalue weighted by molar-refractivity contribution is 14.1. The summed E-state index contributed by atoms with van der Waals surface area (Å²) >= 11 is 10.2. The van der Waals surface area contributed by atoms with E-state index >= 15 is 0 Å². The number of aryl methyl sites for hydroxylation is 2. The van der Waals surface area contributed by atoms with E-state index in [1.807, 2.05) is 52.0 Å². The molecule has 0 aliphatic carbocycles. The molecular formula is C36H34Br2F4I2N4O4. The van der Waals surface area contributed by atoms with E-state index in [2.05, 4.69) is 98.6 Å². The minimum atomic E-state index is -1.16. The Morgan fingerprint density at radius 1 is 0.731 bits per heavy atom. The Balaban J connectivity index is 0.000000280. The van der Waals surface area contributed by atoms with Gasteiger partial charge in [-0.1, -0.05) is 25.5 Å². The minimum absolute atomic E-state index is 0.0646. The minimum Gasteiger partial charge on any atom is -0.352 e. The predicted molar refractivity (Wildman–Crippen MR) is 219 cm³/mol. The molecule has 0 saturated carbocycles. The van der Waals surface area contributed by atoms with Gasteiger partial charge in [0.25, 0.3) is 11.8 Å². The summed E-state index contributed by atoms with van der Waals surface area (Å²) in [5.74, 6) is -5.81. The molecule has 4 rings (SSSR count). The van der Waals surface area contributed by atoms with Crippen LogP contribution in [0.3, 0.4) is 0 Å². The van der Waals surface area contributed by atoms with Crippen LogP contribution in [0.5, 0.6) is 0 Å². The van der Waals surface area contributed by atoms with Gasteiger partial charge in [-0.05, 0) is 164 Å². The molecule has 0 unspecified atom stereocenters. The van der Waals surface area contributed by atoms with E-state index in [9.17, 15) is 27.2 Å². The van der Waals surface area contributed by atoms with Gasteiger partial charge in [0.15, 0.2) is 23.3 Å². The Morgan fingerprint density at radius 3 is 1.58 bits per heavy atom. The SMILES string of the molecule is C/C=C/CONC(=O)c1cc(Br)c(F)c(F)c1Nc1ccc(I)cc1C.CCCCONC(=O)c1cc(Br)c(F)c(F)c1Nc1ccc(I)cc1C.